The minimum atomic E-state index is -1.07. The van der Waals surface area contributed by atoms with E-state index >= 15 is 0 Å². The van der Waals surface area contributed by atoms with E-state index in [-0.39, 0.29) is 74.9 Å². The molecule has 256 valence electrons. The Hall–Kier alpha value is -4.08. The Labute approximate surface area is 276 Å². The van der Waals surface area contributed by atoms with E-state index < -0.39 is 18.2 Å². The van der Waals surface area contributed by atoms with Crippen molar-refractivity contribution in [2.24, 2.45) is 5.92 Å². The second-order valence-corrected chi connectivity index (χ2v) is 11.6. The molecule has 5 N–H and O–H groups in total. The third kappa shape index (κ3) is 14.1. The minimum absolute atomic E-state index is 0.0545. The van der Waals surface area contributed by atoms with Crippen molar-refractivity contribution in [1.82, 2.24) is 15.5 Å². The van der Waals surface area contributed by atoms with E-state index in [1.807, 2.05) is 26.8 Å². The number of anilines is 1. The van der Waals surface area contributed by atoms with Crippen molar-refractivity contribution in [2.45, 2.75) is 83.5 Å². The number of aliphatic hydroxyl groups excluding tert-OH is 1. The Bertz CT molecular complexity index is 1260. The Morgan fingerprint density at radius 2 is 1.79 bits per heavy atom. The predicted molar refractivity (Wildman–Crippen MR) is 172 cm³/mol. The summed E-state index contributed by atoms with van der Waals surface area (Å²) in [6.45, 7) is 6.66. The molecule has 5 amide bonds. The molecule has 4 atom stereocenters. The van der Waals surface area contributed by atoms with E-state index in [0.29, 0.717) is 43.6 Å². The first-order valence-electron chi connectivity index (χ1n) is 15.6. The highest BCUT2D eigenvalue weighted by Gasteiger charge is 2.32. The Morgan fingerprint density at radius 1 is 1.09 bits per heavy atom. The van der Waals surface area contributed by atoms with Crippen molar-refractivity contribution < 1.29 is 48.5 Å². The molecule has 15 heteroatoms. The molecule has 1 saturated heterocycles. The Morgan fingerprint density at radius 3 is 2.40 bits per heavy atom. The molecule has 2 radical (unpaired) electrons. The lowest BCUT2D eigenvalue weighted by molar-refractivity contribution is -0.166. The van der Waals surface area contributed by atoms with E-state index in [2.05, 4.69) is 16.0 Å². The summed E-state index contributed by atoms with van der Waals surface area (Å²) in [5.41, 5.74) is 2.40. The van der Waals surface area contributed by atoms with Crippen LogP contribution < -0.4 is 16.0 Å². The van der Waals surface area contributed by atoms with Gasteiger partial charge in [-0.1, -0.05) is 31.8 Å². The third-order valence-corrected chi connectivity index (χ3v) is 7.67. The molecule has 4 unspecified atom stereocenters. The molecular weight excluding hydrogens is 611 g/mol. The number of hydrogen-bond acceptors (Lipinski definition) is 9. The number of hydrogen-bond donors (Lipinski definition) is 5. The molecular formula is C32H45BN4O10. The quantitative estimate of drug-likeness (QED) is 0.0679. The third-order valence-electron chi connectivity index (χ3n) is 7.67. The fourth-order valence-corrected chi connectivity index (χ4v) is 4.69. The van der Waals surface area contributed by atoms with Crippen LogP contribution in [-0.2, 0) is 51.0 Å². The molecule has 14 nitrogen and oxygen atoms in total. The molecule has 1 aromatic rings. The van der Waals surface area contributed by atoms with Crippen LogP contribution in [0.25, 0.3) is 0 Å². The molecule has 0 aromatic heterocycles. The average Bonchev–Trinajstić information content (AvgIpc) is 3.35. The first-order valence-corrected chi connectivity index (χ1v) is 15.6. The number of carbonyl (C=O) groups is 6. The smallest absolute Gasteiger partial charge is 0.332 e. The van der Waals surface area contributed by atoms with Crippen LogP contribution in [0.2, 0.25) is 0 Å². The van der Waals surface area contributed by atoms with Crippen molar-refractivity contribution in [2.75, 3.05) is 31.6 Å². The summed E-state index contributed by atoms with van der Waals surface area (Å²) >= 11 is 0. The number of aliphatic hydroxyl groups is 1. The highest BCUT2D eigenvalue weighted by atomic mass is 16.5. The van der Waals surface area contributed by atoms with Gasteiger partial charge in [0.1, 0.15) is 0 Å². The average molecular weight is 657 g/mol. The van der Waals surface area contributed by atoms with Gasteiger partial charge in [0.05, 0.1) is 46.4 Å². The van der Waals surface area contributed by atoms with Gasteiger partial charge in [-0.15, -0.1) is 0 Å². The first kappa shape index (κ1) is 39.1. The highest BCUT2D eigenvalue weighted by molar-refractivity contribution is 6.12. The second kappa shape index (κ2) is 20.2. The van der Waals surface area contributed by atoms with Gasteiger partial charge in [0.15, 0.2) is 6.10 Å². The highest BCUT2D eigenvalue weighted by Crippen LogP contribution is 2.25. The second-order valence-electron chi connectivity index (χ2n) is 11.6. The van der Waals surface area contributed by atoms with Gasteiger partial charge >= 0.3 is 5.97 Å². The first-order chi connectivity index (χ1) is 22.3. The maximum absolute atomic E-state index is 11.7. The van der Waals surface area contributed by atoms with Gasteiger partial charge in [0.2, 0.25) is 18.2 Å². The zero-order valence-corrected chi connectivity index (χ0v) is 27.1. The molecule has 2 aliphatic heterocycles. The number of aryl methyl sites for hydroxylation is 1. The fourth-order valence-electron chi connectivity index (χ4n) is 4.69. The van der Waals surface area contributed by atoms with Gasteiger partial charge in [-0.2, -0.15) is 0 Å². The van der Waals surface area contributed by atoms with Gasteiger partial charge in [0.25, 0.3) is 11.8 Å². The van der Waals surface area contributed by atoms with Crippen LogP contribution in [0.1, 0.15) is 57.6 Å². The zero-order chi connectivity index (χ0) is 34.9. The normalized spacial score (nSPS) is 19.5. The Kier molecular flexibility index (Phi) is 16.8. The van der Waals surface area contributed by atoms with Crippen LogP contribution in [-0.4, -0.2) is 110 Å². The minimum Gasteiger partial charge on any atom is -0.479 e. The maximum Gasteiger partial charge on any atom is 0.332 e. The standard InChI is InChI=1S/C18H23BN2O6.C14H22N2O4/c19-8-12-1-3-13(21-17(24)9-20-10-22)5-11(12)2-4-15-6-14(23)7-16(27-15)18(25)26;1-10(2)11(3)15-12(17)6-8-20-9-7-16-13(18)4-5-14(16)19/h1,3,5,10,14-16,23H,2,4,6-9H2,(H,20,22)(H,21,24)(H,25,26);4-5,10-11H,6-9H2,1-3H3,(H,15,17). The van der Waals surface area contributed by atoms with Crippen LogP contribution in [0, 0.1) is 5.92 Å². The van der Waals surface area contributed by atoms with Gasteiger partial charge in [-0.3, -0.25) is 28.9 Å². The van der Waals surface area contributed by atoms with Crippen molar-refractivity contribution >= 4 is 49.5 Å². The van der Waals surface area contributed by atoms with Crippen LogP contribution >= 0.6 is 0 Å². The number of carbonyl (C=O) groups excluding carboxylic acids is 5. The number of benzene rings is 1. The van der Waals surface area contributed by atoms with Crippen molar-refractivity contribution in [3.63, 3.8) is 0 Å². The molecule has 3 rings (SSSR count). The van der Waals surface area contributed by atoms with Crippen molar-refractivity contribution in [3.8, 4) is 0 Å². The number of rotatable bonds is 17. The van der Waals surface area contributed by atoms with Gasteiger partial charge < -0.3 is 35.6 Å². The molecule has 1 aromatic carbocycles. The summed E-state index contributed by atoms with van der Waals surface area (Å²) in [5.74, 6) is -1.73. The molecule has 1 fully saturated rings. The fraction of sp³-hybridized carbons (Fsp3) is 0.562. The number of aliphatic carboxylic acids is 1. The number of nitrogens with one attached hydrogen (secondary N) is 3. The topological polar surface area (TPSA) is 201 Å². The van der Waals surface area contributed by atoms with Crippen molar-refractivity contribution in [3.05, 3.63) is 41.5 Å². The molecule has 0 saturated carbocycles. The molecule has 0 bridgehead atoms. The summed E-state index contributed by atoms with van der Waals surface area (Å²) < 4.78 is 10.8. The summed E-state index contributed by atoms with van der Waals surface area (Å²) in [5, 5.41) is 26.8. The number of amides is 5. The molecule has 2 heterocycles. The lowest BCUT2D eigenvalue weighted by Gasteiger charge is -2.31. The number of carboxylic acid groups (broad SMARTS) is 1. The number of carboxylic acids is 1. The SMILES string of the molecule is CC(C)C(C)NC(=O)CCOCCN1C(=O)C=CC1=O.[B]Cc1ccc(NC(=O)CNC=O)cc1CCC1CC(O)CC(C(=O)O)O1. The molecule has 0 spiro atoms. The van der Waals surface area contributed by atoms with E-state index in [9.17, 15) is 33.9 Å². The molecule has 2 aliphatic rings. The summed E-state index contributed by atoms with van der Waals surface area (Å²) in [4.78, 5) is 68.2. The van der Waals surface area contributed by atoms with Crippen LogP contribution in [0.4, 0.5) is 5.69 Å². The van der Waals surface area contributed by atoms with E-state index in [4.69, 9.17) is 22.4 Å². The lowest BCUT2D eigenvalue weighted by atomic mass is 9.89. The predicted octanol–water partition coefficient (Wildman–Crippen LogP) is 0.444. The summed E-state index contributed by atoms with van der Waals surface area (Å²) in [6.07, 6.45) is 3.03. The maximum atomic E-state index is 11.7. The van der Waals surface area contributed by atoms with Crippen LogP contribution in [0.15, 0.2) is 30.4 Å². The van der Waals surface area contributed by atoms with Gasteiger partial charge in [0, 0.05) is 36.7 Å². The van der Waals surface area contributed by atoms with Crippen LogP contribution in [0.5, 0.6) is 0 Å². The monoisotopic (exact) mass is 656 g/mol. The van der Waals surface area contributed by atoms with E-state index in [0.717, 1.165) is 16.0 Å². The van der Waals surface area contributed by atoms with E-state index in [1.54, 1.807) is 12.1 Å². The zero-order valence-electron chi connectivity index (χ0n) is 27.1. The Balaban J connectivity index is 0.000000343. The van der Waals surface area contributed by atoms with Crippen LogP contribution in [0.3, 0.4) is 0 Å². The number of imide groups is 1. The van der Waals surface area contributed by atoms with Gasteiger partial charge in [-0.05, 0) is 49.8 Å². The van der Waals surface area contributed by atoms with E-state index in [1.165, 1.54) is 12.2 Å². The molecule has 47 heavy (non-hydrogen) atoms. The summed E-state index contributed by atoms with van der Waals surface area (Å²) in [7, 11) is 5.78. The molecule has 0 aliphatic carbocycles. The number of nitrogens with zero attached hydrogens (tertiary/aromatic N) is 1. The lowest BCUT2D eigenvalue weighted by Crippen LogP contribution is -2.40. The van der Waals surface area contributed by atoms with Gasteiger partial charge in [-0.25, -0.2) is 4.79 Å². The van der Waals surface area contributed by atoms with Crippen molar-refractivity contribution in [1.29, 1.82) is 0 Å². The summed E-state index contributed by atoms with van der Waals surface area (Å²) in [6, 6.07) is 5.48. The number of ether oxygens (including phenoxy) is 2. The largest absolute Gasteiger partial charge is 0.479 e.